The summed E-state index contributed by atoms with van der Waals surface area (Å²) in [5, 5.41) is 9.76. The Morgan fingerprint density at radius 3 is 2.63 bits per heavy atom. The lowest BCUT2D eigenvalue weighted by Crippen LogP contribution is -2.40. The smallest absolute Gasteiger partial charge is 0.254 e. The molecule has 1 amide bonds. The van der Waals surface area contributed by atoms with Crippen molar-refractivity contribution in [3.05, 3.63) is 34.3 Å². The molecule has 104 valence electrons. The normalized spacial score (nSPS) is 15.7. The highest BCUT2D eigenvalue weighted by Gasteiger charge is 2.27. The standard InChI is InChI=1S/C15H20ClNO2/c1-11-8-12(10-13(16)9-11)15(19)17(6-7-18)14-4-2-3-5-14/h8-10,14,18H,2-7H2,1H3. The maximum atomic E-state index is 12.6. The van der Waals surface area contributed by atoms with E-state index in [4.69, 9.17) is 11.6 Å². The summed E-state index contributed by atoms with van der Waals surface area (Å²) in [5.74, 6) is -0.0217. The van der Waals surface area contributed by atoms with Gasteiger partial charge in [-0.3, -0.25) is 4.79 Å². The number of halogens is 1. The Kier molecular flexibility index (Phi) is 4.83. The van der Waals surface area contributed by atoms with Gasteiger partial charge >= 0.3 is 0 Å². The molecule has 1 aliphatic rings. The first-order chi connectivity index (χ1) is 9.11. The van der Waals surface area contributed by atoms with Gasteiger partial charge in [-0.05, 0) is 43.5 Å². The van der Waals surface area contributed by atoms with Crippen molar-refractivity contribution in [2.75, 3.05) is 13.2 Å². The first kappa shape index (κ1) is 14.4. The lowest BCUT2D eigenvalue weighted by molar-refractivity contribution is 0.0638. The second-order valence-corrected chi connectivity index (χ2v) is 5.61. The molecule has 0 spiro atoms. The first-order valence-corrected chi connectivity index (χ1v) is 7.18. The summed E-state index contributed by atoms with van der Waals surface area (Å²) in [7, 11) is 0. The zero-order chi connectivity index (χ0) is 13.8. The fourth-order valence-electron chi connectivity index (χ4n) is 2.80. The van der Waals surface area contributed by atoms with E-state index in [-0.39, 0.29) is 18.6 Å². The van der Waals surface area contributed by atoms with Gasteiger partial charge in [-0.2, -0.15) is 0 Å². The molecule has 4 heteroatoms. The van der Waals surface area contributed by atoms with Crippen LogP contribution in [0.25, 0.3) is 0 Å². The number of aryl methyl sites for hydroxylation is 1. The first-order valence-electron chi connectivity index (χ1n) is 6.81. The molecule has 2 rings (SSSR count). The number of carbonyl (C=O) groups is 1. The maximum Gasteiger partial charge on any atom is 0.254 e. The summed E-state index contributed by atoms with van der Waals surface area (Å²) < 4.78 is 0. The summed E-state index contributed by atoms with van der Waals surface area (Å²) >= 11 is 6.02. The molecule has 0 aliphatic heterocycles. The van der Waals surface area contributed by atoms with Crippen LogP contribution in [0.3, 0.4) is 0 Å². The molecule has 0 heterocycles. The van der Waals surface area contributed by atoms with Crippen LogP contribution in [-0.2, 0) is 0 Å². The molecule has 1 aromatic rings. The van der Waals surface area contributed by atoms with E-state index in [9.17, 15) is 9.90 Å². The van der Waals surface area contributed by atoms with Crippen LogP contribution in [0.2, 0.25) is 5.02 Å². The fourth-order valence-corrected chi connectivity index (χ4v) is 3.09. The van der Waals surface area contributed by atoms with E-state index >= 15 is 0 Å². The monoisotopic (exact) mass is 281 g/mol. The van der Waals surface area contributed by atoms with Crippen LogP contribution >= 0.6 is 11.6 Å². The number of aliphatic hydroxyl groups is 1. The van der Waals surface area contributed by atoms with E-state index in [1.54, 1.807) is 11.0 Å². The third kappa shape index (κ3) is 3.48. The average molecular weight is 282 g/mol. The molecule has 1 aliphatic carbocycles. The predicted molar refractivity (Wildman–Crippen MR) is 76.6 cm³/mol. The number of aliphatic hydroxyl groups excluding tert-OH is 1. The van der Waals surface area contributed by atoms with Gasteiger partial charge in [-0.25, -0.2) is 0 Å². The highest BCUT2D eigenvalue weighted by molar-refractivity contribution is 6.31. The molecule has 0 unspecified atom stereocenters. The van der Waals surface area contributed by atoms with E-state index in [0.717, 1.165) is 31.2 Å². The number of benzene rings is 1. The quantitative estimate of drug-likeness (QED) is 0.922. The molecular formula is C15H20ClNO2. The number of hydrogen-bond acceptors (Lipinski definition) is 2. The van der Waals surface area contributed by atoms with Crippen molar-refractivity contribution in [1.29, 1.82) is 0 Å². The molecular weight excluding hydrogens is 262 g/mol. The summed E-state index contributed by atoms with van der Waals surface area (Å²) in [6.45, 7) is 2.32. The van der Waals surface area contributed by atoms with Gasteiger partial charge in [0.1, 0.15) is 0 Å². The van der Waals surface area contributed by atoms with E-state index in [2.05, 4.69) is 0 Å². The van der Waals surface area contributed by atoms with Crippen LogP contribution in [0.5, 0.6) is 0 Å². The Balaban J connectivity index is 2.22. The van der Waals surface area contributed by atoms with Crippen LogP contribution < -0.4 is 0 Å². The summed E-state index contributed by atoms with van der Waals surface area (Å²) in [5.41, 5.74) is 1.59. The Morgan fingerprint density at radius 1 is 1.37 bits per heavy atom. The Bertz CT molecular complexity index is 435. The Hall–Kier alpha value is -1.06. The largest absolute Gasteiger partial charge is 0.395 e. The van der Waals surface area contributed by atoms with Crippen LogP contribution in [0.15, 0.2) is 18.2 Å². The maximum absolute atomic E-state index is 12.6. The Labute approximate surface area is 119 Å². The minimum Gasteiger partial charge on any atom is -0.395 e. The third-order valence-corrected chi connectivity index (χ3v) is 3.87. The molecule has 0 radical (unpaired) electrons. The minimum atomic E-state index is -0.0217. The highest BCUT2D eigenvalue weighted by atomic mass is 35.5. The molecule has 1 saturated carbocycles. The summed E-state index contributed by atoms with van der Waals surface area (Å²) in [6.07, 6.45) is 4.39. The minimum absolute atomic E-state index is 0.00177. The van der Waals surface area contributed by atoms with Gasteiger partial charge in [0.2, 0.25) is 0 Å². The molecule has 0 saturated heterocycles. The van der Waals surface area contributed by atoms with Crippen molar-refractivity contribution in [2.24, 2.45) is 0 Å². The average Bonchev–Trinajstić information content (AvgIpc) is 2.87. The van der Waals surface area contributed by atoms with E-state index < -0.39 is 0 Å². The van der Waals surface area contributed by atoms with Crippen LogP contribution in [0, 0.1) is 6.92 Å². The third-order valence-electron chi connectivity index (χ3n) is 3.66. The second kappa shape index (κ2) is 6.40. The van der Waals surface area contributed by atoms with E-state index in [1.165, 1.54) is 0 Å². The molecule has 19 heavy (non-hydrogen) atoms. The highest BCUT2D eigenvalue weighted by Crippen LogP contribution is 2.25. The van der Waals surface area contributed by atoms with Gasteiger partial charge in [-0.15, -0.1) is 0 Å². The van der Waals surface area contributed by atoms with E-state index in [1.807, 2.05) is 19.1 Å². The van der Waals surface area contributed by atoms with Gasteiger partial charge in [0.15, 0.2) is 0 Å². The lowest BCUT2D eigenvalue weighted by atomic mass is 10.1. The molecule has 0 bridgehead atoms. The zero-order valence-corrected chi connectivity index (χ0v) is 12.0. The number of hydrogen-bond donors (Lipinski definition) is 1. The van der Waals surface area contributed by atoms with Crippen molar-refractivity contribution >= 4 is 17.5 Å². The molecule has 0 aromatic heterocycles. The van der Waals surface area contributed by atoms with Crippen LogP contribution in [-0.4, -0.2) is 35.1 Å². The van der Waals surface area contributed by atoms with Crippen LogP contribution in [0.4, 0.5) is 0 Å². The number of amides is 1. The second-order valence-electron chi connectivity index (χ2n) is 5.18. The molecule has 1 aromatic carbocycles. The molecule has 3 nitrogen and oxygen atoms in total. The zero-order valence-electron chi connectivity index (χ0n) is 11.2. The van der Waals surface area contributed by atoms with E-state index in [0.29, 0.717) is 17.1 Å². The topological polar surface area (TPSA) is 40.5 Å². The van der Waals surface area contributed by atoms with Crippen molar-refractivity contribution in [2.45, 2.75) is 38.6 Å². The lowest BCUT2D eigenvalue weighted by Gasteiger charge is -2.28. The predicted octanol–water partition coefficient (Wildman–Crippen LogP) is 3.03. The van der Waals surface area contributed by atoms with Crippen molar-refractivity contribution in [3.8, 4) is 0 Å². The van der Waals surface area contributed by atoms with Gasteiger partial charge < -0.3 is 10.0 Å². The van der Waals surface area contributed by atoms with Gasteiger partial charge in [0.25, 0.3) is 5.91 Å². The van der Waals surface area contributed by atoms with Crippen molar-refractivity contribution in [1.82, 2.24) is 4.90 Å². The number of rotatable bonds is 4. The number of carbonyl (C=O) groups excluding carboxylic acids is 1. The number of nitrogens with zero attached hydrogens (tertiary/aromatic N) is 1. The molecule has 1 N–H and O–H groups in total. The molecule has 0 atom stereocenters. The van der Waals surface area contributed by atoms with Crippen LogP contribution in [0.1, 0.15) is 41.6 Å². The van der Waals surface area contributed by atoms with Gasteiger partial charge in [-0.1, -0.05) is 24.4 Å². The molecule has 1 fully saturated rings. The Morgan fingerprint density at radius 2 is 2.05 bits per heavy atom. The van der Waals surface area contributed by atoms with Crippen molar-refractivity contribution in [3.63, 3.8) is 0 Å². The fraction of sp³-hybridized carbons (Fsp3) is 0.533. The summed E-state index contributed by atoms with van der Waals surface area (Å²) in [4.78, 5) is 14.4. The van der Waals surface area contributed by atoms with Crippen molar-refractivity contribution < 1.29 is 9.90 Å². The SMILES string of the molecule is Cc1cc(Cl)cc(C(=O)N(CCO)C2CCCC2)c1. The van der Waals surface area contributed by atoms with Gasteiger partial charge in [0, 0.05) is 23.2 Å². The van der Waals surface area contributed by atoms with Gasteiger partial charge in [0.05, 0.1) is 6.61 Å². The summed E-state index contributed by atoms with van der Waals surface area (Å²) in [6, 6.07) is 5.66.